The molecular formula is C20H27NO5. The third-order valence-corrected chi connectivity index (χ3v) is 5.00. The van der Waals surface area contributed by atoms with Crippen LogP contribution in [0.15, 0.2) is 30.3 Å². The van der Waals surface area contributed by atoms with Crippen LogP contribution >= 0.6 is 0 Å². The van der Waals surface area contributed by atoms with Crippen molar-refractivity contribution in [3.8, 4) is 0 Å². The topological polar surface area (TPSA) is 84.9 Å². The molecule has 0 radical (unpaired) electrons. The third kappa shape index (κ3) is 5.13. The highest BCUT2D eigenvalue weighted by atomic mass is 16.7. The first kappa shape index (κ1) is 19.0. The Labute approximate surface area is 153 Å². The van der Waals surface area contributed by atoms with E-state index in [1.165, 1.54) is 0 Å². The summed E-state index contributed by atoms with van der Waals surface area (Å²) in [5, 5.41) is 12.2. The molecule has 6 nitrogen and oxygen atoms in total. The van der Waals surface area contributed by atoms with Crippen molar-refractivity contribution in [2.45, 2.75) is 69.5 Å². The van der Waals surface area contributed by atoms with E-state index in [9.17, 15) is 14.7 Å². The summed E-state index contributed by atoms with van der Waals surface area (Å²) in [5.74, 6) is -0.863. The summed E-state index contributed by atoms with van der Waals surface area (Å²) in [6.07, 6.45) is 3.07. The number of aliphatic hydroxyl groups is 1. The van der Waals surface area contributed by atoms with Crippen LogP contribution in [0.2, 0.25) is 0 Å². The zero-order valence-corrected chi connectivity index (χ0v) is 15.0. The molecule has 0 aromatic heterocycles. The van der Waals surface area contributed by atoms with Crippen LogP contribution in [0.3, 0.4) is 0 Å². The SMILES string of the molecule is O=C1C[C@@H](CCC(=O)NCc2ccccc2)O[C@]2(CCC[C@H](CO)O2)C1. The Balaban J connectivity index is 1.48. The van der Waals surface area contributed by atoms with Crippen molar-refractivity contribution in [3.05, 3.63) is 35.9 Å². The van der Waals surface area contributed by atoms with Crippen molar-refractivity contribution >= 4 is 11.7 Å². The van der Waals surface area contributed by atoms with Gasteiger partial charge >= 0.3 is 0 Å². The smallest absolute Gasteiger partial charge is 0.220 e. The largest absolute Gasteiger partial charge is 0.394 e. The second-order valence-electron chi connectivity index (χ2n) is 7.19. The first-order chi connectivity index (χ1) is 12.6. The van der Waals surface area contributed by atoms with Gasteiger partial charge in [-0.05, 0) is 24.8 Å². The third-order valence-electron chi connectivity index (χ3n) is 5.00. The van der Waals surface area contributed by atoms with E-state index in [4.69, 9.17) is 9.47 Å². The van der Waals surface area contributed by atoms with Crippen LogP contribution < -0.4 is 5.32 Å². The number of hydrogen-bond acceptors (Lipinski definition) is 5. The van der Waals surface area contributed by atoms with Crippen LogP contribution in [0.4, 0.5) is 0 Å². The van der Waals surface area contributed by atoms with Gasteiger partial charge < -0.3 is 19.9 Å². The summed E-state index contributed by atoms with van der Waals surface area (Å²) >= 11 is 0. The number of rotatable bonds is 6. The van der Waals surface area contributed by atoms with Crippen LogP contribution in [0, 0.1) is 0 Å². The highest BCUT2D eigenvalue weighted by Gasteiger charge is 2.45. The molecule has 2 N–H and O–H groups in total. The number of Topliss-reactive ketones (excluding diaryl/α,β-unsaturated/α-hetero) is 1. The summed E-state index contributed by atoms with van der Waals surface area (Å²) in [6.45, 7) is 0.432. The molecule has 2 fully saturated rings. The van der Waals surface area contributed by atoms with E-state index in [0.717, 1.165) is 18.4 Å². The fourth-order valence-corrected chi connectivity index (χ4v) is 3.72. The fourth-order valence-electron chi connectivity index (χ4n) is 3.72. The lowest BCUT2D eigenvalue weighted by molar-refractivity contribution is -0.309. The molecular weight excluding hydrogens is 334 g/mol. The van der Waals surface area contributed by atoms with Crippen molar-refractivity contribution in [2.24, 2.45) is 0 Å². The van der Waals surface area contributed by atoms with Gasteiger partial charge in [0.1, 0.15) is 5.78 Å². The molecule has 6 heteroatoms. The summed E-state index contributed by atoms with van der Waals surface area (Å²) in [6, 6.07) is 9.74. The van der Waals surface area contributed by atoms with Gasteiger partial charge in [-0.1, -0.05) is 30.3 Å². The molecule has 0 unspecified atom stereocenters. The molecule has 0 aliphatic carbocycles. The second-order valence-corrected chi connectivity index (χ2v) is 7.19. The average Bonchev–Trinajstić information content (AvgIpc) is 2.65. The van der Waals surface area contributed by atoms with E-state index in [1.807, 2.05) is 30.3 Å². The quantitative estimate of drug-likeness (QED) is 0.810. The molecule has 2 saturated heterocycles. The molecule has 1 amide bonds. The highest BCUT2D eigenvalue weighted by molar-refractivity contribution is 5.81. The van der Waals surface area contributed by atoms with Crippen LogP contribution in [-0.4, -0.2) is 41.4 Å². The first-order valence-electron chi connectivity index (χ1n) is 9.37. The maximum atomic E-state index is 12.2. The Kier molecular flexibility index (Phi) is 6.40. The Morgan fingerprint density at radius 2 is 2.00 bits per heavy atom. The van der Waals surface area contributed by atoms with E-state index in [1.54, 1.807) is 0 Å². The minimum absolute atomic E-state index is 0.0534. The van der Waals surface area contributed by atoms with Crippen LogP contribution in [-0.2, 0) is 25.6 Å². The monoisotopic (exact) mass is 361 g/mol. The standard InChI is InChI=1S/C20H27NO5/c22-14-18-7-4-10-20(26-18)12-16(23)11-17(25-20)8-9-19(24)21-13-15-5-2-1-3-6-15/h1-3,5-6,17-18,22H,4,7-14H2,(H,21,24)/t17-,18-,20+/m1/s1. The van der Waals surface area contributed by atoms with Gasteiger partial charge in [0.2, 0.25) is 5.91 Å². The number of carbonyl (C=O) groups excluding carboxylic acids is 2. The van der Waals surface area contributed by atoms with E-state index in [2.05, 4.69) is 5.32 Å². The molecule has 3 atom stereocenters. The zero-order chi connectivity index (χ0) is 18.4. The van der Waals surface area contributed by atoms with Gasteiger partial charge in [0.25, 0.3) is 0 Å². The van der Waals surface area contributed by atoms with Crippen molar-refractivity contribution in [2.75, 3.05) is 6.61 Å². The molecule has 1 aromatic carbocycles. The van der Waals surface area contributed by atoms with Crippen LogP contribution in [0.25, 0.3) is 0 Å². The number of ether oxygens (including phenoxy) is 2. The minimum atomic E-state index is -0.911. The normalized spacial score (nSPS) is 28.9. The highest BCUT2D eigenvalue weighted by Crippen LogP contribution is 2.38. The van der Waals surface area contributed by atoms with E-state index in [0.29, 0.717) is 32.2 Å². The lowest BCUT2D eigenvalue weighted by Gasteiger charge is -2.45. The average molecular weight is 361 g/mol. The van der Waals surface area contributed by atoms with E-state index < -0.39 is 5.79 Å². The molecule has 0 saturated carbocycles. The van der Waals surface area contributed by atoms with Gasteiger partial charge in [-0.25, -0.2) is 0 Å². The molecule has 142 valence electrons. The fraction of sp³-hybridized carbons (Fsp3) is 0.600. The van der Waals surface area contributed by atoms with Crippen molar-refractivity contribution < 1.29 is 24.2 Å². The minimum Gasteiger partial charge on any atom is -0.394 e. The lowest BCUT2D eigenvalue weighted by atomic mass is 9.91. The van der Waals surface area contributed by atoms with Crippen molar-refractivity contribution in [1.82, 2.24) is 5.32 Å². The van der Waals surface area contributed by atoms with E-state index >= 15 is 0 Å². The molecule has 0 bridgehead atoms. The summed E-state index contributed by atoms with van der Waals surface area (Å²) in [7, 11) is 0. The van der Waals surface area contributed by atoms with Crippen molar-refractivity contribution in [3.63, 3.8) is 0 Å². The van der Waals surface area contributed by atoms with Gasteiger partial charge in [0.15, 0.2) is 5.79 Å². The summed E-state index contributed by atoms with van der Waals surface area (Å²) in [4.78, 5) is 24.3. The van der Waals surface area contributed by atoms with Crippen molar-refractivity contribution in [1.29, 1.82) is 0 Å². The molecule has 26 heavy (non-hydrogen) atoms. The number of carbonyl (C=O) groups is 2. The number of amides is 1. The molecule has 3 rings (SSSR count). The molecule has 2 heterocycles. The molecule has 2 aliphatic rings. The Morgan fingerprint density at radius 3 is 2.77 bits per heavy atom. The lowest BCUT2D eigenvalue weighted by Crippen LogP contribution is -2.51. The van der Waals surface area contributed by atoms with Gasteiger partial charge in [-0.2, -0.15) is 0 Å². The number of ketones is 1. The Morgan fingerprint density at radius 1 is 1.23 bits per heavy atom. The van der Waals surface area contributed by atoms with Gasteiger partial charge in [0, 0.05) is 25.8 Å². The van der Waals surface area contributed by atoms with Gasteiger partial charge in [0.05, 0.1) is 25.2 Å². The number of aliphatic hydroxyl groups excluding tert-OH is 1. The second kappa shape index (κ2) is 8.75. The maximum absolute atomic E-state index is 12.2. The van der Waals surface area contributed by atoms with E-state index in [-0.39, 0.29) is 36.9 Å². The molecule has 2 aliphatic heterocycles. The zero-order valence-electron chi connectivity index (χ0n) is 15.0. The predicted octanol–water partition coefficient (Wildman–Crippen LogP) is 2.09. The van der Waals surface area contributed by atoms with Crippen LogP contribution in [0.5, 0.6) is 0 Å². The molecule has 1 aromatic rings. The summed E-state index contributed by atoms with van der Waals surface area (Å²) < 4.78 is 12.0. The maximum Gasteiger partial charge on any atom is 0.220 e. The summed E-state index contributed by atoms with van der Waals surface area (Å²) in [5.41, 5.74) is 1.05. The number of hydrogen-bond donors (Lipinski definition) is 2. The van der Waals surface area contributed by atoms with Gasteiger partial charge in [-0.3, -0.25) is 9.59 Å². The Bertz CT molecular complexity index is 620. The predicted molar refractivity (Wildman–Crippen MR) is 95.2 cm³/mol. The van der Waals surface area contributed by atoms with Crippen LogP contribution in [0.1, 0.15) is 50.5 Å². The number of nitrogens with one attached hydrogen (secondary N) is 1. The first-order valence-corrected chi connectivity index (χ1v) is 9.37. The molecule has 1 spiro atoms. The number of benzene rings is 1. The Hall–Kier alpha value is -1.76. The van der Waals surface area contributed by atoms with Gasteiger partial charge in [-0.15, -0.1) is 0 Å².